The molecule has 0 aliphatic heterocycles. The van der Waals surface area contributed by atoms with Crippen LogP contribution in [0.15, 0.2) is 60.7 Å². The van der Waals surface area contributed by atoms with Crippen LogP contribution in [-0.2, 0) is 0 Å². The second kappa shape index (κ2) is 12.0. The van der Waals surface area contributed by atoms with Gasteiger partial charge in [-0.2, -0.15) is 0 Å². The Morgan fingerprint density at radius 2 is 1.23 bits per heavy atom. The summed E-state index contributed by atoms with van der Waals surface area (Å²) in [5.74, 6) is 1.83. The van der Waals surface area contributed by atoms with Crippen molar-refractivity contribution in [3.63, 3.8) is 0 Å². The summed E-state index contributed by atoms with van der Waals surface area (Å²) in [6.07, 6.45) is 14.6. The zero-order chi connectivity index (χ0) is 18.5. The van der Waals surface area contributed by atoms with Crippen molar-refractivity contribution in [2.45, 2.75) is 39.0 Å². The van der Waals surface area contributed by atoms with Gasteiger partial charge in [0.1, 0.15) is 11.5 Å². The summed E-state index contributed by atoms with van der Waals surface area (Å²) < 4.78 is 11.0. The first-order chi connectivity index (χ1) is 12.8. The number of rotatable bonds is 11. The fourth-order valence-electron chi connectivity index (χ4n) is 2.62. The lowest BCUT2D eigenvalue weighted by molar-refractivity contribution is 0.304. The van der Waals surface area contributed by atoms with E-state index in [9.17, 15) is 0 Å². The maximum atomic E-state index is 5.80. The maximum Gasteiger partial charge on any atom is 0.119 e. The monoisotopic (exact) mass is 350 g/mol. The van der Waals surface area contributed by atoms with Gasteiger partial charge in [0.2, 0.25) is 0 Å². The Morgan fingerprint density at radius 3 is 1.77 bits per heavy atom. The highest BCUT2D eigenvalue weighted by Crippen LogP contribution is 2.15. The van der Waals surface area contributed by atoms with Gasteiger partial charge in [0.15, 0.2) is 0 Å². The molecule has 2 heteroatoms. The molecule has 0 amide bonds. The number of hydrogen-bond acceptors (Lipinski definition) is 2. The molecule has 2 aromatic rings. The van der Waals surface area contributed by atoms with Gasteiger partial charge in [-0.15, -0.1) is 0 Å². The Labute approximate surface area is 158 Å². The fraction of sp³-hybridized carbons (Fsp3) is 0.333. The SMILES string of the molecule is CCCCCCCOc1ccc(C=CC=Cc2ccc(OC)cc2)cc1. The summed E-state index contributed by atoms with van der Waals surface area (Å²) in [6, 6.07) is 16.3. The Hall–Kier alpha value is -2.48. The third-order valence-corrected chi connectivity index (χ3v) is 4.20. The molecular formula is C24H30O2. The van der Waals surface area contributed by atoms with E-state index in [0.717, 1.165) is 30.1 Å². The minimum atomic E-state index is 0.809. The van der Waals surface area contributed by atoms with Gasteiger partial charge in [-0.3, -0.25) is 0 Å². The Morgan fingerprint density at radius 1 is 0.692 bits per heavy atom. The third kappa shape index (κ3) is 7.60. The van der Waals surface area contributed by atoms with E-state index >= 15 is 0 Å². The minimum Gasteiger partial charge on any atom is -0.497 e. The summed E-state index contributed by atoms with van der Waals surface area (Å²) in [5, 5.41) is 0. The quantitative estimate of drug-likeness (QED) is 0.329. The van der Waals surface area contributed by atoms with Gasteiger partial charge < -0.3 is 9.47 Å². The van der Waals surface area contributed by atoms with Crippen LogP contribution in [0.5, 0.6) is 11.5 Å². The first-order valence-electron chi connectivity index (χ1n) is 9.53. The average Bonchev–Trinajstić information content (AvgIpc) is 2.69. The van der Waals surface area contributed by atoms with Crippen LogP contribution >= 0.6 is 0 Å². The highest BCUT2D eigenvalue weighted by atomic mass is 16.5. The number of unbranched alkanes of at least 4 members (excludes halogenated alkanes) is 4. The number of benzene rings is 2. The molecule has 0 radical (unpaired) electrons. The molecule has 2 aromatic carbocycles. The molecular weight excluding hydrogens is 320 g/mol. The zero-order valence-corrected chi connectivity index (χ0v) is 16.0. The Balaban J connectivity index is 1.73. The maximum absolute atomic E-state index is 5.80. The van der Waals surface area contributed by atoms with Crippen LogP contribution in [-0.4, -0.2) is 13.7 Å². The van der Waals surface area contributed by atoms with E-state index < -0.39 is 0 Å². The standard InChI is InChI=1S/C24H30O2/c1-3-4-5-6-9-20-26-24-18-14-22(15-19-24)11-8-7-10-21-12-16-23(25-2)17-13-21/h7-8,10-19H,3-6,9,20H2,1-2H3. The van der Waals surface area contributed by atoms with Crippen molar-refractivity contribution < 1.29 is 9.47 Å². The summed E-state index contributed by atoms with van der Waals surface area (Å²) >= 11 is 0. The van der Waals surface area contributed by atoms with Crippen LogP contribution in [0, 0.1) is 0 Å². The third-order valence-electron chi connectivity index (χ3n) is 4.20. The lowest BCUT2D eigenvalue weighted by Crippen LogP contribution is -1.97. The van der Waals surface area contributed by atoms with Gasteiger partial charge in [0.25, 0.3) is 0 Å². The molecule has 0 unspecified atom stereocenters. The van der Waals surface area contributed by atoms with Crippen molar-refractivity contribution in [1.29, 1.82) is 0 Å². The Kier molecular flexibility index (Phi) is 9.13. The average molecular weight is 351 g/mol. The molecule has 0 bridgehead atoms. The van der Waals surface area contributed by atoms with Crippen molar-refractivity contribution in [3.8, 4) is 11.5 Å². The zero-order valence-electron chi connectivity index (χ0n) is 16.0. The van der Waals surface area contributed by atoms with E-state index in [1.54, 1.807) is 7.11 Å². The van der Waals surface area contributed by atoms with Crippen LogP contribution in [0.2, 0.25) is 0 Å². The molecule has 0 saturated heterocycles. The fourth-order valence-corrected chi connectivity index (χ4v) is 2.62. The second-order valence-electron chi connectivity index (χ2n) is 6.32. The highest BCUT2D eigenvalue weighted by molar-refractivity contribution is 5.58. The van der Waals surface area contributed by atoms with Crippen LogP contribution in [0.4, 0.5) is 0 Å². The van der Waals surface area contributed by atoms with E-state index in [1.165, 1.54) is 31.2 Å². The van der Waals surface area contributed by atoms with Gasteiger partial charge in [0.05, 0.1) is 13.7 Å². The number of methoxy groups -OCH3 is 1. The molecule has 0 N–H and O–H groups in total. The van der Waals surface area contributed by atoms with Gasteiger partial charge in [-0.1, -0.05) is 81.2 Å². The van der Waals surface area contributed by atoms with Gasteiger partial charge in [0, 0.05) is 0 Å². The predicted octanol–water partition coefficient (Wildman–Crippen LogP) is 6.77. The smallest absolute Gasteiger partial charge is 0.119 e. The Bertz CT molecular complexity index is 666. The van der Waals surface area contributed by atoms with Crippen LogP contribution in [0.3, 0.4) is 0 Å². The first kappa shape index (κ1) is 19.8. The molecule has 0 atom stereocenters. The van der Waals surface area contributed by atoms with Crippen molar-refractivity contribution in [2.24, 2.45) is 0 Å². The summed E-state index contributed by atoms with van der Waals surface area (Å²) in [4.78, 5) is 0. The molecule has 0 fully saturated rings. The summed E-state index contributed by atoms with van der Waals surface area (Å²) in [6.45, 7) is 3.05. The molecule has 0 aliphatic rings. The molecule has 0 spiro atoms. The lowest BCUT2D eigenvalue weighted by atomic mass is 10.1. The van der Waals surface area contributed by atoms with Crippen molar-refractivity contribution in [3.05, 3.63) is 71.8 Å². The number of ether oxygens (including phenoxy) is 2. The van der Waals surface area contributed by atoms with E-state index in [1.807, 2.05) is 48.6 Å². The first-order valence-corrected chi connectivity index (χ1v) is 9.53. The van der Waals surface area contributed by atoms with Crippen molar-refractivity contribution >= 4 is 12.2 Å². The molecule has 26 heavy (non-hydrogen) atoms. The van der Waals surface area contributed by atoms with Gasteiger partial charge in [-0.25, -0.2) is 0 Å². The van der Waals surface area contributed by atoms with E-state index in [-0.39, 0.29) is 0 Å². The molecule has 0 aliphatic carbocycles. The topological polar surface area (TPSA) is 18.5 Å². The lowest BCUT2D eigenvalue weighted by Gasteiger charge is -2.06. The molecule has 138 valence electrons. The largest absolute Gasteiger partial charge is 0.497 e. The van der Waals surface area contributed by atoms with Crippen molar-refractivity contribution in [2.75, 3.05) is 13.7 Å². The second-order valence-corrected chi connectivity index (χ2v) is 6.32. The van der Waals surface area contributed by atoms with Gasteiger partial charge >= 0.3 is 0 Å². The molecule has 0 heterocycles. The summed E-state index contributed by atoms with van der Waals surface area (Å²) in [7, 11) is 1.68. The molecule has 2 rings (SSSR count). The van der Waals surface area contributed by atoms with Crippen molar-refractivity contribution in [1.82, 2.24) is 0 Å². The number of hydrogen-bond donors (Lipinski definition) is 0. The van der Waals surface area contributed by atoms with E-state index in [0.29, 0.717) is 0 Å². The van der Waals surface area contributed by atoms with Crippen LogP contribution in [0.1, 0.15) is 50.2 Å². The van der Waals surface area contributed by atoms with E-state index in [2.05, 4.69) is 31.2 Å². The van der Waals surface area contributed by atoms with Crippen LogP contribution < -0.4 is 9.47 Å². The van der Waals surface area contributed by atoms with Gasteiger partial charge in [-0.05, 0) is 41.8 Å². The summed E-state index contributed by atoms with van der Waals surface area (Å²) in [5.41, 5.74) is 2.32. The predicted molar refractivity (Wildman–Crippen MR) is 112 cm³/mol. The molecule has 2 nitrogen and oxygen atoms in total. The molecule has 0 aromatic heterocycles. The minimum absolute atomic E-state index is 0.809. The normalized spacial score (nSPS) is 11.3. The van der Waals surface area contributed by atoms with E-state index in [4.69, 9.17) is 9.47 Å². The number of allylic oxidation sites excluding steroid dienone is 2. The molecule has 0 saturated carbocycles. The van der Waals surface area contributed by atoms with Crippen LogP contribution in [0.25, 0.3) is 12.2 Å². The highest BCUT2D eigenvalue weighted by Gasteiger charge is 1.94.